The monoisotopic (exact) mass is 284 g/mol. The molecule has 0 N–H and O–H groups in total. The second kappa shape index (κ2) is 5.61. The molecule has 1 aromatic carbocycles. The lowest BCUT2D eigenvalue weighted by atomic mass is 10.3. The first kappa shape index (κ1) is 14.8. The van der Waals surface area contributed by atoms with E-state index in [9.17, 15) is 23.3 Å². The summed E-state index contributed by atoms with van der Waals surface area (Å²) in [5.74, 6) is -0.944. The lowest BCUT2D eigenvalue weighted by Gasteiger charge is -2.16. The Bertz CT molecular complexity index is 622. The largest absolute Gasteiger partial charge is 0.269 e. The van der Waals surface area contributed by atoms with Crippen molar-refractivity contribution in [3.05, 3.63) is 52.2 Å². The first-order chi connectivity index (χ1) is 8.76. The molecule has 1 rings (SSSR count). The van der Waals surface area contributed by atoms with Crippen LogP contribution in [0.15, 0.2) is 47.0 Å². The molecule has 1 amide bonds. The summed E-state index contributed by atoms with van der Waals surface area (Å²) >= 11 is 0. The first-order valence-corrected chi connectivity index (χ1v) is 6.61. The van der Waals surface area contributed by atoms with Crippen molar-refractivity contribution in [2.24, 2.45) is 0 Å². The second-order valence-electron chi connectivity index (χ2n) is 3.69. The molecule has 0 unspecified atom stereocenters. The molecular formula is C11H12N2O5S. The Labute approximate surface area is 110 Å². The van der Waals surface area contributed by atoms with Crippen molar-refractivity contribution < 1.29 is 18.1 Å². The van der Waals surface area contributed by atoms with E-state index in [4.69, 9.17) is 0 Å². The molecule has 19 heavy (non-hydrogen) atoms. The minimum Gasteiger partial charge on any atom is -0.268 e. The smallest absolute Gasteiger partial charge is 0.268 e. The molecule has 0 aromatic heterocycles. The highest BCUT2D eigenvalue weighted by Crippen LogP contribution is 2.15. The van der Waals surface area contributed by atoms with Gasteiger partial charge >= 0.3 is 0 Å². The summed E-state index contributed by atoms with van der Waals surface area (Å²) in [6.07, 6.45) is 0.472. The van der Waals surface area contributed by atoms with Crippen molar-refractivity contribution in [3.63, 3.8) is 0 Å². The molecule has 0 radical (unpaired) electrons. The molecule has 7 nitrogen and oxygen atoms in total. The molecule has 0 atom stereocenters. The van der Waals surface area contributed by atoms with Crippen LogP contribution in [0.25, 0.3) is 0 Å². The molecule has 0 bridgehead atoms. The SMILES string of the molecule is C/C(=C/[N+](=O)[O-])C(=O)N(C)S(=O)(=O)c1ccccc1. The zero-order valence-electron chi connectivity index (χ0n) is 10.3. The van der Waals surface area contributed by atoms with Crippen molar-refractivity contribution in [2.45, 2.75) is 11.8 Å². The fourth-order valence-electron chi connectivity index (χ4n) is 1.32. The number of rotatable bonds is 4. The van der Waals surface area contributed by atoms with E-state index < -0.39 is 20.9 Å². The third-order valence-electron chi connectivity index (χ3n) is 2.32. The van der Waals surface area contributed by atoms with Crippen molar-refractivity contribution in [3.8, 4) is 0 Å². The summed E-state index contributed by atoms with van der Waals surface area (Å²) in [6.45, 7) is 1.18. The van der Waals surface area contributed by atoms with Gasteiger partial charge in [0.05, 0.1) is 15.4 Å². The minimum absolute atomic E-state index is 0.0558. The van der Waals surface area contributed by atoms with Crippen LogP contribution >= 0.6 is 0 Å². The molecule has 0 aliphatic rings. The third-order valence-corrected chi connectivity index (χ3v) is 4.08. The van der Waals surface area contributed by atoms with Gasteiger partial charge in [-0.3, -0.25) is 14.9 Å². The van der Waals surface area contributed by atoms with Gasteiger partial charge in [0.2, 0.25) is 6.20 Å². The fourth-order valence-corrected chi connectivity index (χ4v) is 2.50. The average Bonchev–Trinajstić information content (AvgIpc) is 2.37. The molecule has 0 spiro atoms. The molecule has 1 aromatic rings. The van der Waals surface area contributed by atoms with Crippen LogP contribution in [0.1, 0.15) is 6.92 Å². The van der Waals surface area contributed by atoms with Gasteiger partial charge in [0.1, 0.15) is 0 Å². The fraction of sp³-hybridized carbons (Fsp3) is 0.182. The molecule has 0 heterocycles. The van der Waals surface area contributed by atoms with E-state index in [1.165, 1.54) is 31.2 Å². The predicted molar refractivity (Wildman–Crippen MR) is 67.1 cm³/mol. The highest BCUT2D eigenvalue weighted by Gasteiger charge is 2.27. The first-order valence-electron chi connectivity index (χ1n) is 5.17. The van der Waals surface area contributed by atoms with E-state index in [0.717, 1.165) is 7.05 Å². The number of nitro groups is 1. The maximum Gasteiger partial charge on any atom is 0.269 e. The highest BCUT2D eigenvalue weighted by molar-refractivity contribution is 7.89. The highest BCUT2D eigenvalue weighted by atomic mass is 32.2. The van der Waals surface area contributed by atoms with Gasteiger partial charge in [0, 0.05) is 7.05 Å². The molecule has 0 fully saturated rings. The van der Waals surface area contributed by atoms with Crippen LogP contribution in [0.4, 0.5) is 0 Å². The van der Waals surface area contributed by atoms with Crippen LogP contribution in [0.5, 0.6) is 0 Å². The Kier molecular flexibility index (Phi) is 4.38. The number of nitrogens with zero attached hydrogens (tertiary/aromatic N) is 2. The summed E-state index contributed by atoms with van der Waals surface area (Å²) in [5.41, 5.74) is -0.271. The number of amides is 1. The number of carbonyl (C=O) groups excluding carboxylic acids is 1. The number of hydrogen-bond acceptors (Lipinski definition) is 5. The Hall–Kier alpha value is -2.22. The van der Waals surface area contributed by atoms with E-state index >= 15 is 0 Å². The molecular weight excluding hydrogens is 272 g/mol. The topological polar surface area (TPSA) is 97.6 Å². The predicted octanol–water partition coefficient (Wildman–Crippen LogP) is 1.01. The number of carbonyl (C=O) groups is 1. The van der Waals surface area contributed by atoms with Crippen molar-refractivity contribution >= 4 is 15.9 Å². The van der Waals surface area contributed by atoms with Gasteiger partial charge in [0.25, 0.3) is 15.9 Å². The second-order valence-corrected chi connectivity index (χ2v) is 5.66. The average molecular weight is 284 g/mol. The van der Waals surface area contributed by atoms with Crippen LogP contribution in [-0.4, -0.2) is 30.6 Å². The molecule has 0 aliphatic heterocycles. The van der Waals surface area contributed by atoms with E-state index in [-0.39, 0.29) is 10.5 Å². The van der Waals surface area contributed by atoms with E-state index in [1.807, 2.05) is 0 Å². The minimum atomic E-state index is -4.00. The van der Waals surface area contributed by atoms with Crippen LogP contribution in [0, 0.1) is 10.1 Å². The van der Waals surface area contributed by atoms with Gasteiger partial charge in [-0.15, -0.1) is 0 Å². The van der Waals surface area contributed by atoms with Gasteiger partial charge < -0.3 is 0 Å². The van der Waals surface area contributed by atoms with Gasteiger partial charge in [-0.25, -0.2) is 12.7 Å². The number of sulfonamides is 1. The maximum absolute atomic E-state index is 12.1. The lowest BCUT2D eigenvalue weighted by Crippen LogP contribution is -2.33. The third kappa shape index (κ3) is 3.38. The number of hydrogen-bond donors (Lipinski definition) is 0. The van der Waals surface area contributed by atoms with Crippen molar-refractivity contribution in [1.82, 2.24) is 4.31 Å². The lowest BCUT2D eigenvalue weighted by molar-refractivity contribution is -0.403. The molecule has 0 aliphatic carbocycles. The molecule has 102 valence electrons. The van der Waals surface area contributed by atoms with Crippen molar-refractivity contribution in [2.75, 3.05) is 7.05 Å². The Morgan fingerprint density at radius 3 is 2.32 bits per heavy atom. The maximum atomic E-state index is 12.1. The summed E-state index contributed by atoms with van der Waals surface area (Å²) in [6, 6.07) is 7.35. The summed E-state index contributed by atoms with van der Waals surface area (Å²) in [5, 5.41) is 10.3. The van der Waals surface area contributed by atoms with Gasteiger partial charge in [-0.05, 0) is 19.1 Å². The molecule has 0 saturated carbocycles. The summed E-state index contributed by atoms with van der Waals surface area (Å²) in [4.78, 5) is 21.2. The Morgan fingerprint density at radius 2 is 1.84 bits per heavy atom. The zero-order valence-corrected chi connectivity index (χ0v) is 11.1. The van der Waals surface area contributed by atoms with E-state index in [0.29, 0.717) is 10.5 Å². The number of benzene rings is 1. The van der Waals surface area contributed by atoms with Crippen LogP contribution in [0.3, 0.4) is 0 Å². The van der Waals surface area contributed by atoms with E-state index in [2.05, 4.69) is 0 Å². The normalized spacial score (nSPS) is 12.0. The standard InChI is InChI=1S/C11H12N2O5S/c1-9(8-13(15)16)11(14)12(2)19(17,18)10-6-4-3-5-7-10/h3-8H,1-2H3/b9-8-. The Balaban J connectivity index is 3.10. The van der Waals surface area contributed by atoms with Gasteiger partial charge in [-0.1, -0.05) is 18.2 Å². The van der Waals surface area contributed by atoms with Crippen LogP contribution in [0.2, 0.25) is 0 Å². The summed E-state index contributed by atoms with van der Waals surface area (Å²) in [7, 11) is -2.94. The van der Waals surface area contributed by atoms with Gasteiger partial charge in [-0.2, -0.15) is 0 Å². The van der Waals surface area contributed by atoms with E-state index in [1.54, 1.807) is 6.07 Å². The zero-order chi connectivity index (χ0) is 14.6. The molecule has 0 saturated heterocycles. The quantitative estimate of drug-likeness (QED) is 0.467. The summed E-state index contributed by atoms with van der Waals surface area (Å²) < 4.78 is 24.6. The molecule has 8 heteroatoms. The van der Waals surface area contributed by atoms with Crippen LogP contribution < -0.4 is 0 Å². The number of likely N-dealkylation sites (N-methyl/N-ethyl adjacent to an activating group) is 1. The van der Waals surface area contributed by atoms with Crippen molar-refractivity contribution in [1.29, 1.82) is 0 Å². The Morgan fingerprint density at radius 1 is 1.32 bits per heavy atom. The van der Waals surface area contributed by atoms with Crippen LogP contribution in [-0.2, 0) is 14.8 Å². The van der Waals surface area contributed by atoms with Gasteiger partial charge in [0.15, 0.2) is 0 Å².